The van der Waals surface area contributed by atoms with E-state index in [-0.39, 0.29) is 5.24 Å². The summed E-state index contributed by atoms with van der Waals surface area (Å²) in [5, 5.41) is -0.379. The van der Waals surface area contributed by atoms with E-state index < -0.39 is 0 Å². The molecule has 0 atom stereocenters. The number of halogens is 1. The first-order valence-corrected chi connectivity index (χ1v) is 4.48. The summed E-state index contributed by atoms with van der Waals surface area (Å²) in [6, 6.07) is 9.94. The van der Waals surface area contributed by atoms with Gasteiger partial charge in [0.05, 0.1) is 0 Å². The van der Waals surface area contributed by atoms with Crippen LogP contribution in [0.25, 0.3) is 0 Å². The summed E-state index contributed by atoms with van der Waals surface area (Å²) in [6.07, 6.45) is 2.59. The van der Waals surface area contributed by atoms with E-state index >= 15 is 0 Å². The highest BCUT2D eigenvalue weighted by Gasteiger charge is 1.97. The van der Waals surface area contributed by atoms with Crippen molar-refractivity contribution < 1.29 is 4.79 Å². The third-order valence-corrected chi connectivity index (χ3v) is 2.09. The Morgan fingerprint density at radius 1 is 1.38 bits per heavy atom. The molecule has 1 rings (SSSR count). The van der Waals surface area contributed by atoms with Crippen molar-refractivity contribution in [2.75, 3.05) is 0 Å². The minimum atomic E-state index is -0.379. The predicted molar refractivity (Wildman–Crippen MR) is 54.8 cm³/mol. The maximum Gasteiger partial charge on any atom is 0.247 e. The molecule has 0 bridgehead atoms. The van der Waals surface area contributed by atoms with Crippen LogP contribution in [0.5, 0.6) is 0 Å². The standard InChI is InChI=1S/C11H11ClO/c1-9(11(12)13)7-8-10-5-3-2-4-6-10/h2-7H,8H2,1H3. The van der Waals surface area contributed by atoms with Gasteiger partial charge in [0.1, 0.15) is 0 Å². The Morgan fingerprint density at radius 3 is 2.54 bits per heavy atom. The highest BCUT2D eigenvalue weighted by molar-refractivity contribution is 6.67. The zero-order chi connectivity index (χ0) is 9.68. The monoisotopic (exact) mass is 194 g/mol. The van der Waals surface area contributed by atoms with E-state index in [1.54, 1.807) is 6.92 Å². The van der Waals surface area contributed by atoms with Gasteiger partial charge in [-0.1, -0.05) is 36.4 Å². The lowest BCUT2D eigenvalue weighted by Crippen LogP contribution is -1.89. The van der Waals surface area contributed by atoms with Crippen LogP contribution < -0.4 is 0 Å². The second-order valence-corrected chi connectivity index (χ2v) is 3.19. The maximum absolute atomic E-state index is 10.7. The number of carbonyl (C=O) groups excluding carboxylic acids is 1. The van der Waals surface area contributed by atoms with E-state index in [0.717, 1.165) is 6.42 Å². The van der Waals surface area contributed by atoms with Crippen LogP contribution in [0.1, 0.15) is 12.5 Å². The van der Waals surface area contributed by atoms with Crippen LogP contribution in [0, 0.1) is 0 Å². The van der Waals surface area contributed by atoms with E-state index in [9.17, 15) is 4.79 Å². The van der Waals surface area contributed by atoms with Gasteiger partial charge in [-0.2, -0.15) is 0 Å². The van der Waals surface area contributed by atoms with Crippen LogP contribution in [0.15, 0.2) is 42.0 Å². The Labute approximate surface area is 83.0 Å². The van der Waals surface area contributed by atoms with Gasteiger partial charge in [-0.15, -0.1) is 0 Å². The van der Waals surface area contributed by atoms with E-state index in [1.807, 2.05) is 36.4 Å². The van der Waals surface area contributed by atoms with Crippen LogP contribution in [-0.2, 0) is 11.2 Å². The molecule has 0 radical (unpaired) electrons. The number of carbonyl (C=O) groups is 1. The van der Waals surface area contributed by atoms with E-state index in [2.05, 4.69) is 0 Å². The molecule has 1 aromatic carbocycles. The lowest BCUT2D eigenvalue weighted by Gasteiger charge is -1.95. The van der Waals surface area contributed by atoms with Gasteiger partial charge < -0.3 is 0 Å². The number of benzene rings is 1. The molecule has 0 aliphatic rings. The van der Waals surface area contributed by atoms with Crippen LogP contribution >= 0.6 is 11.6 Å². The fourth-order valence-corrected chi connectivity index (χ4v) is 1.04. The number of hydrogen-bond acceptors (Lipinski definition) is 1. The molecule has 0 aromatic heterocycles. The molecule has 0 aliphatic carbocycles. The van der Waals surface area contributed by atoms with Crippen molar-refractivity contribution in [1.82, 2.24) is 0 Å². The first kappa shape index (κ1) is 10.0. The summed E-state index contributed by atoms with van der Waals surface area (Å²) in [6.45, 7) is 1.72. The molecule has 2 heteroatoms. The molecule has 0 N–H and O–H groups in total. The van der Waals surface area contributed by atoms with Gasteiger partial charge in [0, 0.05) is 5.57 Å². The third kappa shape index (κ3) is 3.43. The van der Waals surface area contributed by atoms with Gasteiger partial charge in [0.2, 0.25) is 5.24 Å². The highest BCUT2D eigenvalue weighted by Crippen LogP contribution is 2.04. The summed E-state index contributed by atoms with van der Waals surface area (Å²) in [5.41, 5.74) is 1.78. The molecule has 0 saturated heterocycles. The number of rotatable bonds is 3. The molecule has 0 heterocycles. The molecule has 68 valence electrons. The Bertz CT molecular complexity index is 314. The second kappa shape index (κ2) is 4.83. The summed E-state index contributed by atoms with van der Waals surface area (Å²) in [5.74, 6) is 0. The van der Waals surface area contributed by atoms with E-state index in [1.165, 1.54) is 5.56 Å². The summed E-state index contributed by atoms with van der Waals surface area (Å²) in [7, 11) is 0. The van der Waals surface area contributed by atoms with Crippen molar-refractivity contribution >= 4 is 16.8 Å². The SMILES string of the molecule is CC(=CCc1ccccc1)C(=O)Cl. The molecule has 0 fully saturated rings. The summed E-state index contributed by atoms with van der Waals surface area (Å²) < 4.78 is 0. The minimum Gasteiger partial charge on any atom is -0.276 e. The van der Waals surface area contributed by atoms with Gasteiger partial charge >= 0.3 is 0 Å². The molecule has 0 amide bonds. The van der Waals surface area contributed by atoms with Gasteiger partial charge in [0.25, 0.3) is 0 Å². The second-order valence-electron chi connectivity index (χ2n) is 2.85. The first-order chi connectivity index (χ1) is 6.20. The predicted octanol–water partition coefficient (Wildman–Crippen LogP) is 2.94. The largest absolute Gasteiger partial charge is 0.276 e. The van der Waals surface area contributed by atoms with Crippen molar-refractivity contribution in [2.45, 2.75) is 13.3 Å². The smallest absolute Gasteiger partial charge is 0.247 e. The Balaban J connectivity index is 2.62. The zero-order valence-electron chi connectivity index (χ0n) is 7.46. The fourth-order valence-electron chi connectivity index (χ4n) is 0.965. The lowest BCUT2D eigenvalue weighted by molar-refractivity contribution is -0.108. The van der Waals surface area contributed by atoms with Crippen molar-refractivity contribution in [3.8, 4) is 0 Å². The average molecular weight is 195 g/mol. The number of allylic oxidation sites excluding steroid dienone is 2. The van der Waals surface area contributed by atoms with E-state index in [4.69, 9.17) is 11.6 Å². The van der Waals surface area contributed by atoms with Crippen LogP contribution in [-0.4, -0.2) is 5.24 Å². The summed E-state index contributed by atoms with van der Waals surface area (Å²) >= 11 is 5.29. The molecule has 0 spiro atoms. The molecule has 0 unspecified atom stereocenters. The third-order valence-electron chi connectivity index (χ3n) is 1.80. The summed E-state index contributed by atoms with van der Waals surface area (Å²) in [4.78, 5) is 10.7. The molecule has 0 saturated carbocycles. The van der Waals surface area contributed by atoms with Crippen molar-refractivity contribution in [3.63, 3.8) is 0 Å². The van der Waals surface area contributed by atoms with Crippen LogP contribution in [0.4, 0.5) is 0 Å². The van der Waals surface area contributed by atoms with Crippen LogP contribution in [0.2, 0.25) is 0 Å². The quantitative estimate of drug-likeness (QED) is 0.534. The van der Waals surface area contributed by atoms with Gasteiger partial charge in [-0.05, 0) is 30.5 Å². The topological polar surface area (TPSA) is 17.1 Å². The Hall–Kier alpha value is -1.08. The van der Waals surface area contributed by atoms with Gasteiger partial charge in [0.15, 0.2) is 0 Å². The zero-order valence-corrected chi connectivity index (χ0v) is 8.21. The highest BCUT2D eigenvalue weighted by atomic mass is 35.5. The first-order valence-electron chi connectivity index (χ1n) is 4.10. The fraction of sp³-hybridized carbons (Fsp3) is 0.182. The van der Waals surface area contributed by atoms with Gasteiger partial charge in [-0.3, -0.25) is 4.79 Å². The molecule has 1 nitrogen and oxygen atoms in total. The maximum atomic E-state index is 10.7. The van der Waals surface area contributed by atoms with Gasteiger partial charge in [-0.25, -0.2) is 0 Å². The van der Waals surface area contributed by atoms with Crippen molar-refractivity contribution in [3.05, 3.63) is 47.5 Å². The molecular weight excluding hydrogens is 184 g/mol. The van der Waals surface area contributed by atoms with Crippen molar-refractivity contribution in [1.29, 1.82) is 0 Å². The molecule has 13 heavy (non-hydrogen) atoms. The molecule has 0 aliphatic heterocycles. The molecular formula is C11H11ClO. The molecule has 1 aromatic rings. The lowest BCUT2D eigenvalue weighted by atomic mass is 10.1. The Morgan fingerprint density at radius 2 is 2.00 bits per heavy atom. The van der Waals surface area contributed by atoms with Crippen molar-refractivity contribution in [2.24, 2.45) is 0 Å². The minimum absolute atomic E-state index is 0.379. The number of hydrogen-bond donors (Lipinski definition) is 0. The Kier molecular flexibility index (Phi) is 3.71. The van der Waals surface area contributed by atoms with Crippen LogP contribution in [0.3, 0.4) is 0 Å². The average Bonchev–Trinajstić information content (AvgIpc) is 2.15. The normalized spacial score (nSPS) is 11.4. The van der Waals surface area contributed by atoms with E-state index in [0.29, 0.717) is 5.57 Å².